The zero-order chi connectivity index (χ0) is 7.28. The third-order valence-electron chi connectivity index (χ3n) is 0.902. The lowest BCUT2D eigenvalue weighted by Gasteiger charge is -1.96. The first-order valence-electron chi connectivity index (χ1n) is 2.51. The van der Waals surface area contributed by atoms with E-state index in [4.69, 9.17) is 5.11 Å². The number of aldehydes is 1. The van der Waals surface area contributed by atoms with Gasteiger partial charge in [-0.25, -0.2) is 0 Å². The minimum Gasteiger partial charge on any atom is -0.481 e. The lowest BCUT2D eigenvalue weighted by molar-refractivity contribution is -0.143. The minimum atomic E-state index is -1.09. The summed E-state index contributed by atoms with van der Waals surface area (Å²) in [4.78, 5) is 19.9. The summed E-state index contributed by atoms with van der Waals surface area (Å²) < 4.78 is 0. The number of carbonyl (C=O) groups is 2. The van der Waals surface area contributed by atoms with Crippen LogP contribution in [0.15, 0.2) is 12.7 Å². The van der Waals surface area contributed by atoms with Gasteiger partial charge in [0.2, 0.25) is 0 Å². The summed E-state index contributed by atoms with van der Waals surface area (Å²) in [6.07, 6.45) is 2.02. The fraction of sp³-hybridized carbons (Fsp3) is 0.333. The summed E-state index contributed by atoms with van der Waals surface area (Å²) in [5.74, 6) is -2.01. The molecule has 0 aliphatic heterocycles. The molecule has 0 amide bonds. The Bertz CT molecular complexity index is 128. The molecule has 0 aliphatic carbocycles. The van der Waals surface area contributed by atoms with Crippen LogP contribution in [0.1, 0.15) is 6.42 Å². The average Bonchev–Trinajstić information content (AvgIpc) is 1.82. The molecule has 0 heterocycles. The summed E-state index contributed by atoms with van der Waals surface area (Å²) >= 11 is 0. The number of carboxylic acid groups (broad SMARTS) is 1. The fourth-order valence-corrected chi connectivity index (χ4v) is 0.394. The summed E-state index contributed by atoms with van der Waals surface area (Å²) in [7, 11) is 0. The molecular weight excluding hydrogens is 120 g/mol. The van der Waals surface area contributed by atoms with E-state index in [0.29, 0.717) is 6.29 Å². The van der Waals surface area contributed by atoms with Gasteiger partial charge in [0.1, 0.15) is 12.2 Å². The van der Waals surface area contributed by atoms with Gasteiger partial charge in [-0.05, 0) is 6.42 Å². The molecule has 9 heavy (non-hydrogen) atoms. The van der Waals surface area contributed by atoms with Crippen molar-refractivity contribution < 1.29 is 14.7 Å². The lowest BCUT2D eigenvalue weighted by atomic mass is 10.1. The zero-order valence-corrected chi connectivity index (χ0v) is 4.91. The van der Waals surface area contributed by atoms with Crippen LogP contribution in [0.5, 0.6) is 0 Å². The summed E-state index contributed by atoms with van der Waals surface area (Å²) in [5.41, 5.74) is 0. The maximum Gasteiger partial charge on any atom is 0.314 e. The molecule has 1 unspecified atom stereocenters. The molecule has 0 saturated heterocycles. The van der Waals surface area contributed by atoms with Crippen LogP contribution in [0, 0.1) is 5.92 Å². The van der Waals surface area contributed by atoms with E-state index in [1.807, 2.05) is 0 Å². The maximum absolute atomic E-state index is 10.0. The summed E-state index contributed by atoms with van der Waals surface area (Å²) in [6, 6.07) is 0. The molecule has 0 spiro atoms. The van der Waals surface area contributed by atoms with Crippen molar-refractivity contribution >= 4 is 12.3 Å². The largest absolute Gasteiger partial charge is 0.481 e. The van der Waals surface area contributed by atoms with Gasteiger partial charge in [0.15, 0.2) is 0 Å². The van der Waals surface area contributed by atoms with Crippen molar-refractivity contribution in [2.75, 3.05) is 0 Å². The smallest absolute Gasteiger partial charge is 0.314 e. The SMILES string of the molecule is C=CCC(C=O)C(=O)O. The number of rotatable bonds is 4. The predicted molar refractivity (Wildman–Crippen MR) is 32.0 cm³/mol. The predicted octanol–water partition coefficient (Wildman–Crippen LogP) is 0.462. The first-order chi connectivity index (χ1) is 4.22. The van der Waals surface area contributed by atoms with Crippen molar-refractivity contribution in [3.05, 3.63) is 12.7 Å². The number of carbonyl (C=O) groups excluding carboxylic acids is 1. The Balaban J connectivity index is 3.81. The highest BCUT2D eigenvalue weighted by Gasteiger charge is 2.12. The molecule has 0 aromatic carbocycles. The van der Waals surface area contributed by atoms with Crippen molar-refractivity contribution in [1.29, 1.82) is 0 Å². The Morgan fingerprint density at radius 2 is 2.33 bits per heavy atom. The highest BCUT2D eigenvalue weighted by atomic mass is 16.4. The van der Waals surface area contributed by atoms with Crippen molar-refractivity contribution in [3.63, 3.8) is 0 Å². The number of hydrogen-bond acceptors (Lipinski definition) is 2. The number of allylic oxidation sites excluding steroid dienone is 1. The minimum absolute atomic E-state index is 0.207. The molecule has 0 aliphatic rings. The van der Waals surface area contributed by atoms with Crippen LogP contribution in [-0.2, 0) is 9.59 Å². The molecule has 50 valence electrons. The van der Waals surface area contributed by atoms with Gasteiger partial charge in [0, 0.05) is 0 Å². The van der Waals surface area contributed by atoms with E-state index in [1.165, 1.54) is 6.08 Å². The van der Waals surface area contributed by atoms with Gasteiger partial charge in [-0.3, -0.25) is 4.79 Å². The van der Waals surface area contributed by atoms with E-state index >= 15 is 0 Å². The molecular formula is C6H8O3. The quantitative estimate of drug-likeness (QED) is 0.340. The van der Waals surface area contributed by atoms with Crippen LogP contribution in [0.3, 0.4) is 0 Å². The van der Waals surface area contributed by atoms with Crippen LogP contribution in [0.2, 0.25) is 0 Å². The number of aliphatic carboxylic acids is 1. The van der Waals surface area contributed by atoms with E-state index in [1.54, 1.807) is 0 Å². The van der Waals surface area contributed by atoms with Crippen molar-refractivity contribution in [2.45, 2.75) is 6.42 Å². The molecule has 0 aromatic heterocycles. The zero-order valence-electron chi connectivity index (χ0n) is 4.91. The standard InChI is InChI=1S/C6H8O3/c1-2-3-5(4-7)6(8)9/h2,4-5H,1,3H2,(H,8,9). The molecule has 1 N–H and O–H groups in total. The van der Waals surface area contributed by atoms with Gasteiger partial charge < -0.3 is 9.90 Å². The van der Waals surface area contributed by atoms with Gasteiger partial charge in [0.05, 0.1) is 0 Å². The van der Waals surface area contributed by atoms with Crippen LogP contribution in [-0.4, -0.2) is 17.4 Å². The molecule has 3 nitrogen and oxygen atoms in total. The molecule has 0 radical (unpaired) electrons. The molecule has 0 aromatic rings. The average molecular weight is 128 g/mol. The Hall–Kier alpha value is -1.12. The Morgan fingerprint density at radius 1 is 1.78 bits per heavy atom. The molecule has 3 heteroatoms. The lowest BCUT2D eigenvalue weighted by Crippen LogP contribution is -2.13. The van der Waals surface area contributed by atoms with Crippen LogP contribution in [0.25, 0.3) is 0 Å². The van der Waals surface area contributed by atoms with E-state index in [-0.39, 0.29) is 6.42 Å². The molecule has 0 rings (SSSR count). The van der Waals surface area contributed by atoms with Crippen molar-refractivity contribution in [2.24, 2.45) is 5.92 Å². The van der Waals surface area contributed by atoms with E-state index in [2.05, 4.69) is 6.58 Å². The van der Waals surface area contributed by atoms with Gasteiger partial charge in [-0.2, -0.15) is 0 Å². The van der Waals surface area contributed by atoms with Gasteiger partial charge >= 0.3 is 5.97 Å². The van der Waals surface area contributed by atoms with Crippen molar-refractivity contribution in [3.8, 4) is 0 Å². The van der Waals surface area contributed by atoms with Crippen LogP contribution in [0.4, 0.5) is 0 Å². The molecule has 0 saturated carbocycles. The molecule has 0 bridgehead atoms. The first kappa shape index (κ1) is 7.88. The third kappa shape index (κ3) is 2.64. The highest BCUT2D eigenvalue weighted by molar-refractivity contribution is 5.86. The van der Waals surface area contributed by atoms with E-state index < -0.39 is 11.9 Å². The van der Waals surface area contributed by atoms with Gasteiger partial charge in [-0.1, -0.05) is 6.08 Å². The number of carboxylic acids is 1. The second-order valence-electron chi connectivity index (χ2n) is 1.61. The molecule has 1 atom stereocenters. The third-order valence-corrected chi connectivity index (χ3v) is 0.902. The summed E-state index contributed by atoms with van der Waals surface area (Å²) in [5, 5.41) is 8.23. The van der Waals surface area contributed by atoms with E-state index in [9.17, 15) is 9.59 Å². The Labute approximate surface area is 53.0 Å². The Kier molecular flexibility index (Phi) is 3.35. The fourth-order valence-electron chi connectivity index (χ4n) is 0.394. The topological polar surface area (TPSA) is 54.4 Å². The first-order valence-corrected chi connectivity index (χ1v) is 2.51. The second kappa shape index (κ2) is 3.83. The van der Waals surface area contributed by atoms with Crippen molar-refractivity contribution in [1.82, 2.24) is 0 Å². The number of hydrogen-bond donors (Lipinski definition) is 1. The van der Waals surface area contributed by atoms with Crippen LogP contribution < -0.4 is 0 Å². The van der Waals surface area contributed by atoms with Crippen LogP contribution >= 0.6 is 0 Å². The second-order valence-corrected chi connectivity index (χ2v) is 1.61. The van der Waals surface area contributed by atoms with E-state index in [0.717, 1.165) is 0 Å². The molecule has 0 fully saturated rings. The summed E-state index contributed by atoms with van der Waals surface area (Å²) in [6.45, 7) is 3.31. The maximum atomic E-state index is 10.0. The highest BCUT2D eigenvalue weighted by Crippen LogP contribution is 1.98. The Morgan fingerprint density at radius 3 is 2.44 bits per heavy atom. The normalized spacial score (nSPS) is 12.0. The van der Waals surface area contributed by atoms with Gasteiger partial charge in [-0.15, -0.1) is 6.58 Å². The van der Waals surface area contributed by atoms with Gasteiger partial charge in [0.25, 0.3) is 0 Å². The monoisotopic (exact) mass is 128 g/mol.